The van der Waals surface area contributed by atoms with E-state index < -0.39 is 0 Å². The fraction of sp³-hybridized carbons (Fsp3) is 0.250. The minimum absolute atomic E-state index is 0.0781. The number of carbonyl (C=O) groups excluding carboxylic acids is 2. The molecule has 1 saturated heterocycles. The molecule has 5 rings (SSSR count). The normalized spacial score (nSPS) is 16.9. The quantitative estimate of drug-likeness (QED) is 0.689. The number of amides is 2. The lowest BCUT2D eigenvalue weighted by atomic mass is 10.1. The van der Waals surface area contributed by atoms with E-state index in [4.69, 9.17) is 18.9 Å². The zero-order chi connectivity index (χ0) is 21.9. The predicted octanol–water partition coefficient (Wildman–Crippen LogP) is 2.54. The maximum atomic E-state index is 12.5. The van der Waals surface area contributed by atoms with Gasteiger partial charge in [-0.3, -0.25) is 9.59 Å². The van der Waals surface area contributed by atoms with Crippen LogP contribution in [0.15, 0.2) is 48.6 Å². The number of carbonyl (C=O) groups is 2. The van der Waals surface area contributed by atoms with E-state index in [1.54, 1.807) is 34.1 Å². The zero-order valence-corrected chi connectivity index (χ0v) is 17.4. The van der Waals surface area contributed by atoms with Gasteiger partial charge in [-0.15, -0.1) is 0 Å². The number of nitrogens with zero attached hydrogens (tertiary/aromatic N) is 2. The average molecular weight is 434 g/mol. The van der Waals surface area contributed by atoms with E-state index in [2.05, 4.69) is 0 Å². The van der Waals surface area contributed by atoms with Crippen molar-refractivity contribution in [3.8, 4) is 23.0 Å². The van der Waals surface area contributed by atoms with Crippen molar-refractivity contribution in [2.45, 2.75) is 0 Å². The summed E-state index contributed by atoms with van der Waals surface area (Å²) in [6.45, 7) is 2.41. The van der Waals surface area contributed by atoms with Gasteiger partial charge in [0, 0.05) is 38.3 Å². The van der Waals surface area contributed by atoms with Crippen LogP contribution in [0.4, 0.5) is 0 Å². The third-order valence-electron chi connectivity index (χ3n) is 5.53. The van der Waals surface area contributed by atoms with Gasteiger partial charge in [-0.05, 0) is 47.5 Å². The monoisotopic (exact) mass is 434 g/mol. The van der Waals surface area contributed by atoms with Gasteiger partial charge in [0.2, 0.25) is 25.4 Å². The van der Waals surface area contributed by atoms with Gasteiger partial charge < -0.3 is 28.7 Å². The third kappa shape index (κ3) is 4.25. The molecule has 1 fully saturated rings. The summed E-state index contributed by atoms with van der Waals surface area (Å²) in [6, 6.07) is 11.1. The Balaban J connectivity index is 1.12. The number of rotatable bonds is 4. The summed E-state index contributed by atoms with van der Waals surface area (Å²) in [5.74, 6) is 2.63. The molecule has 2 amide bonds. The van der Waals surface area contributed by atoms with Crippen molar-refractivity contribution in [2.75, 3.05) is 39.8 Å². The topological polar surface area (TPSA) is 77.5 Å². The van der Waals surface area contributed by atoms with Crippen LogP contribution in [0.2, 0.25) is 0 Å². The molecule has 3 heterocycles. The van der Waals surface area contributed by atoms with E-state index in [9.17, 15) is 9.59 Å². The first-order valence-corrected chi connectivity index (χ1v) is 10.4. The number of fused-ring (bicyclic) bond motifs is 2. The maximum Gasteiger partial charge on any atom is 0.246 e. The van der Waals surface area contributed by atoms with Crippen LogP contribution >= 0.6 is 0 Å². The lowest BCUT2D eigenvalue weighted by molar-refractivity contribution is -0.133. The molecule has 2 aromatic rings. The summed E-state index contributed by atoms with van der Waals surface area (Å²) in [5, 5.41) is 0. The summed E-state index contributed by atoms with van der Waals surface area (Å²) in [5.41, 5.74) is 1.73. The van der Waals surface area contributed by atoms with Crippen molar-refractivity contribution in [1.29, 1.82) is 0 Å². The number of piperazine rings is 1. The third-order valence-corrected chi connectivity index (χ3v) is 5.53. The van der Waals surface area contributed by atoms with E-state index in [1.165, 1.54) is 0 Å². The van der Waals surface area contributed by atoms with E-state index in [-0.39, 0.29) is 25.4 Å². The average Bonchev–Trinajstić information content (AvgIpc) is 3.49. The molecule has 2 aromatic carbocycles. The summed E-state index contributed by atoms with van der Waals surface area (Å²) in [6.07, 6.45) is 6.62. The maximum absolute atomic E-state index is 12.5. The summed E-state index contributed by atoms with van der Waals surface area (Å²) < 4.78 is 21.3. The second-order valence-electron chi connectivity index (χ2n) is 7.54. The Hall–Kier alpha value is -3.94. The van der Waals surface area contributed by atoms with Gasteiger partial charge in [0.15, 0.2) is 23.0 Å². The van der Waals surface area contributed by atoms with Crippen LogP contribution < -0.4 is 18.9 Å². The van der Waals surface area contributed by atoms with Crippen molar-refractivity contribution in [3.05, 3.63) is 59.7 Å². The van der Waals surface area contributed by atoms with E-state index >= 15 is 0 Å². The summed E-state index contributed by atoms with van der Waals surface area (Å²) >= 11 is 0. The molecule has 0 N–H and O–H groups in total. The molecule has 0 aliphatic carbocycles. The first-order valence-electron chi connectivity index (χ1n) is 10.4. The minimum atomic E-state index is -0.0781. The molecule has 0 unspecified atom stereocenters. The molecule has 164 valence electrons. The first-order chi connectivity index (χ1) is 15.7. The van der Waals surface area contributed by atoms with E-state index in [0.717, 1.165) is 11.1 Å². The standard InChI is InChI=1S/C24H22N2O6/c27-23(7-3-17-1-5-19-21(13-17)31-15-29-19)25-9-11-26(12-10-25)24(28)8-4-18-2-6-20-22(14-18)32-16-30-20/h1-8,13-14H,9-12,15-16H2/b7-3-,8-4-. The van der Waals surface area contributed by atoms with Gasteiger partial charge >= 0.3 is 0 Å². The van der Waals surface area contributed by atoms with Crippen molar-refractivity contribution < 1.29 is 28.5 Å². The van der Waals surface area contributed by atoms with Crippen molar-refractivity contribution >= 4 is 24.0 Å². The van der Waals surface area contributed by atoms with Crippen LogP contribution in [-0.2, 0) is 9.59 Å². The highest BCUT2D eigenvalue weighted by Gasteiger charge is 2.22. The molecule has 3 aliphatic heterocycles. The molecule has 0 aromatic heterocycles. The molecule has 0 atom stereocenters. The Morgan fingerprint density at radius 3 is 1.47 bits per heavy atom. The lowest BCUT2D eigenvalue weighted by Gasteiger charge is -2.33. The van der Waals surface area contributed by atoms with E-state index in [0.29, 0.717) is 49.2 Å². The number of hydrogen-bond donors (Lipinski definition) is 0. The first kappa shape index (κ1) is 20.0. The predicted molar refractivity (Wildman–Crippen MR) is 116 cm³/mol. The zero-order valence-electron chi connectivity index (χ0n) is 17.4. The smallest absolute Gasteiger partial charge is 0.246 e. The molecule has 3 aliphatic rings. The van der Waals surface area contributed by atoms with Crippen LogP contribution in [0, 0.1) is 0 Å². The highest BCUT2D eigenvalue weighted by Crippen LogP contribution is 2.33. The van der Waals surface area contributed by atoms with Gasteiger partial charge in [-0.1, -0.05) is 12.1 Å². The minimum Gasteiger partial charge on any atom is -0.454 e. The lowest BCUT2D eigenvalue weighted by Crippen LogP contribution is -2.49. The number of benzene rings is 2. The molecular weight excluding hydrogens is 412 g/mol. The Labute approximate surface area is 185 Å². The molecule has 0 bridgehead atoms. The Morgan fingerprint density at radius 2 is 1.03 bits per heavy atom. The fourth-order valence-electron chi connectivity index (χ4n) is 3.73. The molecule has 8 nitrogen and oxygen atoms in total. The van der Waals surface area contributed by atoms with Gasteiger partial charge in [0.05, 0.1) is 0 Å². The Kier molecular flexibility index (Phi) is 5.41. The highest BCUT2D eigenvalue weighted by molar-refractivity contribution is 5.93. The van der Waals surface area contributed by atoms with E-state index in [1.807, 2.05) is 36.4 Å². The van der Waals surface area contributed by atoms with Crippen LogP contribution in [0.25, 0.3) is 12.2 Å². The molecule has 0 radical (unpaired) electrons. The van der Waals surface area contributed by atoms with Gasteiger partial charge in [-0.2, -0.15) is 0 Å². The summed E-state index contributed by atoms with van der Waals surface area (Å²) in [4.78, 5) is 28.5. The molecular formula is C24H22N2O6. The Morgan fingerprint density at radius 1 is 0.625 bits per heavy atom. The van der Waals surface area contributed by atoms with Gasteiger partial charge in [-0.25, -0.2) is 0 Å². The highest BCUT2D eigenvalue weighted by atomic mass is 16.7. The molecule has 8 heteroatoms. The van der Waals surface area contributed by atoms with Crippen molar-refractivity contribution in [2.24, 2.45) is 0 Å². The molecule has 0 spiro atoms. The number of hydrogen-bond acceptors (Lipinski definition) is 6. The summed E-state index contributed by atoms with van der Waals surface area (Å²) in [7, 11) is 0. The van der Waals surface area contributed by atoms with Crippen LogP contribution in [0.1, 0.15) is 11.1 Å². The second-order valence-corrected chi connectivity index (χ2v) is 7.54. The largest absolute Gasteiger partial charge is 0.454 e. The second kappa shape index (κ2) is 8.66. The van der Waals surface area contributed by atoms with Crippen LogP contribution in [0.3, 0.4) is 0 Å². The van der Waals surface area contributed by atoms with Gasteiger partial charge in [0.1, 0.15) is 0 Å². The van der Waals surface area contributed by atoms with Gasteiger partial charge in [0.25, 0.3) is 0 Å². The van der Waals surface area contributed by atoms with Crippen LogP contribution in [-0.4, -0.2) is 61.4 Å². The van der Waals surface area contributed by atoms with Crippen LogP contribution in [0.5, 0.6) is 23.0 Å². The van der Waals surface area contributed by atoms with Crippen molar-refractivity contribution in [3.63, 3.8) is 0 Å². The SMILES string of the molecule is O=C(/C=C\c1ccc2c(c1)OCO2)N1CCN(C(=O)/C=C\c2ccc3c(c2)OCO3)CC1. The Bertz CT molecular complexity index is 1010. The van der Waals surface area contributed by atoms with Crippen molar-refractivity contribution in [1.82, 2.24) is 9.80 Å². The number of ether oxygens (including phenoxy) is 4. The fourth-order valence-corrected chi connectivity index (χ4v) is 3.73. The molecule has 32 heavy (non-hydrogen) atoms. The molecule has 0 saturated carbocycles.